The van der Waals surface area contributed by atoms with Gasteiger partial charge in [0, 0.05) is 28.9 Å². The number of halogens is 1. The van der Waals surface area contributed by atoms with E-state index in [0.29, 0.717) is 0 Å². The second-order valence-corrected chi connectivity index (χ2v) is 5.51. The molecule has 0 amide bonds. The van der Waals surface area contributed by atoms with Crippen molar-refractivity contribution in [3.8, 4) is 0 Å². The van der Waals surface area contributed by atoms with E-state index in [4.69, 9.17) is 5.73 Å². The monoisotopic (exact) mass is 302 g/mol. The lowest BCUT2D eigenvalue weighted by atomic mass is 10.1. The highest BCUT2D eigenvalue weighted by Crippen LogP contribution is 2.31. The van der Waals surface area contributed by atoms with Crippen LogP contribution in [0.3, 0.4) is 0 Å². The molecule has 0 bridgehead atoms. The van der Waals surface area contributed by atoms with Crippen molar-refractivity contribution in [3.63, 3.8) is 0 Å². The van der Waals surface area contributed by atoms with Crippen molar-refractivity contribution in [3.05, 3.63) is 58.1 Å². The predicted octanol–water partition coefficient (Wildman–Crippen LogP) is 3.59. The summed E-state index contributed by atoms with van der Waals surface area (Å²) in [6.45, 7) is 2.01. The minimum absolute atomic E-state index is 0.858. The third-order valence-corrected chi connectivity index (χ3v) is 4.19. The van der Waals surface area contributed by atoms with Gasteiger partial charge in [0.05, 0.1) is 0 Å². The maximum absolute atomic E-state index is 5.83. The van der Waals surface area contributed by atoms with Crippen molar-refractivity contribution in [1.29, 1.82) is 0 Å². The first-order chi connectivity index (χ1) is 8.74. The normalized spacial score (nSPS) is 13.7. The van der Waals surface area contributed by atoms with E-state index in [1.807, 2.05) is 12.1 Å². The van der Waals surface area contributed by atoms with Crippen LogP contribution in [0, 0.1) is 0 Å². The van der Waals surface area contributed by atoms with Gasteiger partial charge in [-0.15, -0.1) is 0 Å². The van der Waals surface area contributed by atoms with Gasteiger partial charge in [0.1, 0.15) is 0 Å². The predicted molar refractivity (Wildman–Crippen MR) is 79.8 cm³/mol. The molecule has 0 saturated heterocycles. The Bertz CT molecular complexity index is 580. The Morgan fingerprint density at radius 3 is 2.83 bits per heavy atom. The van der Waals surface area contributed by atoms with Crippen LogP contribution in [0.5, 0.6) is 0 Å². The molecule has 0 aromatic heterocycles. The van der Waals surface area contributed by atoms with Gasteiger partial charge >= 0.3 is 0 Å². The Kier molecular flexibility index (Phi) is 3.00. The highest BCUT2D eigenvalue weighted by Gasteiger charge is 2.19. The Morgan fingerprint density at radius 1 is 1.17 bits per heavy atom. The minimum Gasteiger partial charge on any atom is -0.399 e. The molecule has 3 heteroatoms. The number of nitrogens with zero attached hydrogens (tertiary/aromatic N) is 1. The van der Waals surface area contributed by atoms with Gasteiger partial charge in [0.15, 0.2) is 0 Å². The van der Waals surface area contributed by atoms with E-state index in [1.165, 1.54) is 21.3 Å². The van der Waals surface area contributed by atoms with Crippen LogP contribution in [-0.4, -0.2) is 6.54 Å². The van der Waals surface area contributed by atoms with Crippen molar-refractivity contribution in [2.75, 3.05) is 17.2 Å². The lowest BCUT2D eigenvalue weighted by Gasteiger charge is -2.20. The molecule has 2 nitrogen and oxygen atoms in total. The van der Waals surface area contributed by atoms with Crippen molar-refractivity contribution >= 4 is 27.3 Å². The minimum atomic E-state index is 0.858. The van der Waals surface area contributed by atoms with E-state index in [9.17, 15) is 0 Å². The molecule has 2 aromatic carbocycles. The number of benzene rings is 2. The van der Waals surface area contributed by atoms with Gasteiger partial charge < -0.3 is 10.6 Å². The topological polar surface area (TPSA) is 29.3 Å². The van der Waals surface area contributed by atoms with Crippen molar-refractivity contribution in [2.24, 2.45) is 0 Å². The average Bonchev–Trinajstić information content (AvgIpc) is 2.74. The molecular weight excluding hydrogens is 288 g/mol. The largest absolute Gasteiger partial charge is 0.399 e. The summed E-state index contributed by atoms with van der Waals surface area (Å²) in [4.78, 5) is 2.41. The summed E-state index contributed by atoms with van der Waals surface area (Å²) in [7, 11) is 0. The molecule has 2 N–H and O–H groups in total. The van der Waals surface area contributed by atoms with Gasteiger partial charge in [-0.25, -0.2) is 0 Å². The molecule has 0 spiro atoms. The van der Waals surface area contributed by atoms with E-state index >= 15 is 0 Å². The number of nitrogen functional groups attached to an aromatic ring is 1. The van der Waals surface area contributed by atoms with E-state index in [2.05, 4.69) is 51.2 Å². The molecule has 1 aliphatic heterocycles. The molecule has 0 aliphatic carbocycles. The lowest BCUT2D eigenvalue weighted by Crippen LogP contribution is -2.19. The third kappa shape index (κ3) is 2.10. The fourth-order valence-corrected chi connectivity index (χ4v) is 2.90. The molecule has 0 unspecified atom stereocenters. The van der Waals surface area contributed by atoms with E-state index < -0.39 is 0 Å². The fraction of sp³-hybridized carbons (Fsp3) is 0.200. The van der Waals surface area contributed by atoms with Crippen LogP contribution in [0.1, 0.15) is 11.1 Å². The van der Waals surface area contributed by atoms with E-state index in [0.717, 1.165) is 25.2 Å². The zero-order chi connectivity index (χ0) is 12.5. The number of fused-ring (bicyclic) bond motifs is 1. The smallest absolute Gasteiger partial charge is 0.0440 e. The highest BCUT2D eigenvalue weighted by molar-refractivity contribution is 9.10. The molecule has 3 rings (SSSR count). The quantitative estimate of drug-likeness (QED) is 0.859. The standard InChI is InChI=1S/C15H15BrN2/c16-14-4-2-1-3-12(14)10-18-8-7-11-9-13(17)5-6-15(11)18/h1-6,9H,7-8,10,17H2. The van der Waals surface area contributed by atoms with Gasteiger partial charge in [-0.3, -0.25) is 0 Å². The Balaban J connectivity index is 1.87. The molecular formula is C15H15BrN2. The van der Waals surface area contributed by atoms with Crippen LogP contribution in [0.25, 0.3) is 0 Å². The molecule has 2 aromatic rings. The fourth-order valence-electron chi connectivity index (χ4n) is 2.49. The van der Waals surface area contributed by atoms with Crippen molar-refractivity contribution < 1.29 is 0 Å². The molecule has 0 radical (unpaired) electrons. The van der Waals surface area contributed by atoms with E-state index in [-0.39, 0.29) is 0 Å². The van der Waals surface area contributed by atoms with Crippen LogP contribution < -0.4 is 10.6 Å². The van der Waals surface area contributed by atoms with Gasteiger partial charge in [-0.2, -0.15) is 0 Å². The Labute approximate surface area is 116 Å². The number of nitrogens with two attached hydrogens (primary N) is 1. The number of anilines is 2. The summed E-state index contributed by atoms with van der Waals surface area (Å²) in [5.74, 6) is 0. The maximum Gasteiger partial charge on any atom is 0.0440 e. The molecule has 1 aliphatic rings. The van der Waals surface area contributed by atoms with Gasteiger partial charge in [-0.05, 0) is 41.8 Å². The first-order valence-electron chi connectivity index (χ1n) is 6.11. The maximum atomic E-state index is 5.83. The van der Waals surface area contributed by atoms with Crippen LogP contribution in [0.15, 0.2) is 46.9 Å². The summed E-state index contributed by atoms with van der Waals surface area (Å²) in [5.41, 5.74) is 10.7. The molecule has 18 heavy (non-hydrogen) atoms. The second kappa shape index (κ2) is 4.65. The van der Waals surface area contributed by atoms with Gasteiger partial charge in [0.2, 0.25) is 0 Å². The number of hydrogen-bond donors (Lipinski definition) is 1. The molecule has 1 heterocycles. The zero-order valence-electron chi connectivity index (χ0n) is 10.1. The van der Waals surface area contributed by atoms with Crippen LogP contribution in [0.2, 0.25) is 0 Å². The first-order valence-corrected chi connectivity index (χ1v) is 6.90. The van der Waals surface area contributed by atoms with Crippen LogP contribution in [-0.2, 0) is 13.0 Å². The van der Waals surface area contributed by atoms with Crippen molar-refractivity contribution in [1.82, 2.24) is 0 Å². The SMILES string of the molecule is Nc1ccc2c(c1)CCN2Cc1ccccc1Br. The van der Waals surface area contributed by atoms with Crippen molar-refractivity contribution in [2.45, 2.75) is 13.0 Å². The zero-order valence-corrected chi connectivity index (χ0v) is 11.7. The Morgan fingerprint density at radius 2 is 2.00 bits per heavy atom. The van der Waals surface area contributed by atoms with Gasteiger partial charge in [0.25, 0.3) is 0 Å². The summed E-state index contributed by atoms with van der Waals surface area (Å²) >= 11 is 3.61. The van der Waals surface area contributed by atoms with Crippen LogP contribution in [0.4, 0.5) is 11.4 Å². The molecule has 92 valence electrons. The average molecular weight is 303 g/mol. The lowest BCUT2D eigenvalue weighted by molar-refractivity contribution is 0.833. The molecule has 0 saturated carbocycles. The van der Waals surface area contributed by atoms with E-state index in [1.54, 1.807) is 0 Å². The third-order valence-electron chi connectivity index (χ3n) is 3.41. The highest BCUT2D eigenvalue weighted by atomic mass is 79.9. The van der Waals surface area contributed by atoms with Crippen LogP contribution >= 0.6 is 15.9 Å². The molecule has 0 atom stereocenters. The second-order valence-electron chi connectivity index (χ2n) is 4.65. The summed E-state index contributed by atoms with van der Waals surface area (Å²) in [6, 6.07) is 14.6. The summed E-state index contributed by atoms with van der Waals surface area (Å²) in [5, 5.41) is 0. The summed E-state index contributed by atoms with van der Waals surface area (Å²) in [6.07, 6.45) is 1.09. The first kappa shape index (κ1) is 11.6. The van der Waals surface area contributed by atoms with Gasteiger partial charge in [-0.1, -0.05) is 34.1 Å². The summed E-state index contributed by atoms with van der Waals surface area (Å²) < 4.78 is 1.17. The number of hydrogen-bond acceptors (Lipinski definition) is 2. The number of rotatable bonds is 2. The molecule has 0 fully saturated rings. The Hall–Kier alpha value is -1.48.